The van der Waals surface area contributed by atoms with Crippen molar-refractivity contribution in [1.29, 1.82) is 0 Å². The first-order chi connectivity index (χ1) is 7.87. The van der Waals surface area contributed by atoms with E-state index < -0.39 is 0 Å². The summed E-state index contributed by atoms with van der Waals surface area (Å²) in [7, 11) is 0. The van der Waals surface area contributed by atoms with Crippen LogP contribution in [0.25, 0.3) is 0 Å². The highest BCUT2D eigenvalue weighted by Gasteiger charge is 2.59. The topological polar surface area (TPSA) is 0 Å². The lowest BCUT2D eigenvalue weighted by Gasteiger charge is -2.12. The molecule has 0 heterocycles. The third-order valence-electron chi connectivity index (χ3n) is 4.93. The van der Waals surface area contributed by atoms with E-state index in [2.05, 4.69) is 48.1 Å². The summed E-state index contributed by atoms with van der Waals surface area (Å²) in [5.41, 5.74) is 3.45. The summed E-state index contributed by atoms with van der Waals surface area (Å²) in [5, 5.41) is 0. The van der Waals surface area contributed by atoms with Crippen molar-refractivity contribution in [3.63, 3.8) is 0 Å². The third-order valence-corrected chi connectivity index (χ3v) is 4.93. The average Bonchev–Trinajstić information content (AvgIpc) is 2.87. The van der Waals surface area contributed by atoms with Crippen molar-refractivity contribution >= 4 is 0 Å². The predicted octanol–water partition coefficient (Wildman–Crippen LogP) is 5.61. The predicted molar refractivity (Wildman–Crippen MR) is 78.0 cm³/mol. The third kappa shape index (κ3) is 2.84. The highest BCUT2D eigenvalue weighted by molar-refractivity contribution is 5.31. The summed E-state index contributed by atoms with van der Waals surface area (Å²) in [6, 6.07) is 0. The van der Waals surface area contributed by atoms with Crippen LogP contribution in [-0.4, -0.2) is 0 Å². The maximum absolute atomic E-state index is 3.90. The second-order valence-corrected chi connectivity index (χ2v) is 6.51. The molecular formula is C17H30. The minimum Gasteiger partial charge on any atom is -0.0988 e. The van der Waals surface area contributed by atoms with E-state index in [1.807, 2.05) is 6.08 Å². The molecule has 0 spiro atoms. The lowest BCUT2D eigenvalue weighted by molar-refractivity contribution is 0.387. The van der Waals surface area contributed by atoms with Gasteiger partial charge in [-0.3, -0.25) is 0 Å². The summed E-state index contributed by atoms with van der Waals surface area (Å²) in [6.45, 7) is 18.0. The number of rotatable bonds is 6. The van der Waals surface area contributed by atoms with Gasteiger partial charge in [0.1, 0.15) is 0 Å². The lowest BCUT2D eigenvalue weighted by atomic mass is 9.94. The van der Waals surface area contributed by atoms with Crippen LogP contribution in [0.4, 0.5) is 0 Å². The number of hydrogen-bond donors (Lipinski definition) is 0. The molecule has 0 radical (unpaired) electrons. The van der Waals surface area contributed by atoms with Gasteiger partial charge in [-0.05, 0) is 37.0 Å². The maximum atomic E-state index is 3.90. The zero-order chi connectivity index (χ0) is 13.2. The van der Waals surface area contributed by atoms with E-state index in [1.165, 1.54) is 24.8 Å². The Bertz CT molecular complexity index is 306. The average molecular weight is 234 g/mol. The molecule has 0 N–H and O–H groups in total. The molecule has 0 aromatic rings. The molecule has 17 heavy (non-hydrogen) atoms. The molecule has 1 aliphatic rings. The first kappa shape index (κ1) is 14.5. The Labute approximate surface area is 108 Å². The first-order valence-electron chi connectivity index (χ1n) is 7.17. The molecule has 0 aliphatic heterocycles. The van der Waals surface area contributed by atoms with E-state index in [0.717, 1.165) is 17.8 Å². The SMILES string of the molecule is C=CC(C)=C(C)C1C(C(C)CCCC)C1(C)C. The second-order valence-electron chi connectivity index (χ2n) is 6.51. The van der Waals surface area contributed by atoms with E-state index in [1.54, 1.807) is 5.57 Å². The van der Waals surface area contributed by atoms with Crippen LogP contribution in [0.15, 0.2) is 23.8 Å². The van der Waals surface area contributed by atoms with Gasteiger partial charge in [-0.2, -0.15) is 0 Å². The van der Waals surface area contributed by atoms with E-state index >= 15 is 0 Å². The molecule has 0 saturated heterocycles. The van der Waals surface area contributed by atoms with Crippen LogP contribution in [0, 0.1) is 23.2 Å². The van der Waals surface area contributed by atoms with Crippen LogP contribution in [0.5, 0.6) is 0 Å². The van der Waals surface area contributed by atoms with Crippen LogP contribution < -0.4 is 0 Å². The highest BCUT2D eigenvalue weighted by atomic mass is 14.6. The van der Waals surface area contributed by atoms with Crippen LogP contribution in [0.3, 0.4) is 0 Å². The largest absolute Gasteiger partial charge is 0.0988 e. The summed E-state index contributed by atoms with van der Waals surface area (Å²) in [4.78, 5) is 0. The fourth-order valence-corrected chi connectivity index (χ4v) is 3.68. The minimum atomic E-state index is 0.501. The van der Waals surface area contributed by atoms with Gasteiger partial charge in [0.15, 0.2) is 0 Å². The Morgan fingerprint density at radius 2 is 1.94 bits per heavy atom. The van der Waals surface area contributed by atoms with E-state index in [-0.39, 0.29) is 0 Å². The van der Waals surface area contributed by atoms with Crippen molar-refractivity contribution in [3.05, 3.63) is 23.8 Å². The Hall–Kier alpha value is -0.520. The van der Waals surface area contributed by atoms with Crippen LogP contribution >= 0.6 is 0 Å². The smallest absolute Gasteiger partial charge is 0.0110 e. The van der Waals surface area contributed by atoms with Crippen LogP contribution in [0.1, 0.15) is 60.8 Å². The molecule has 98 valence electrons. The lowest BCUT2D eigenvalue weighted by Crippen LogP contribution is -2.02. The van der Waals surface area contributed by atoms with Gasteiger partial charge in [0.2, 0.25) is 0 Å². The Morgan fingerprint density at radius 1 is 1.35 bits per heavy atom. The molecule has 0 aromatic carbocycles. The van der Waals surface area contributed by atoms with Gasteiger partial charge >= 0.3 is 0 Å². The monoisotopic (exact) mass is 234 g/mol. The van der Waals surface area contributed by atoms with Gasteiger partial charge in [-0.15, -0.1) is 0 Å². The number of hydrogen-bond acceptors (Lipinski definition) is 0. The fraction of sp³-hybridized carbons (Fsp3) is 0.765. The normalized spacial score (nSPS) is 29.5. The minimum absolute atomic E-state index is 0.501. The Morgan fingerprint density at radius 3 is 2.41 bits per heavy atom. The quantitative estimate of drug-likeness (QED) is 0.524. The molecule has 1 saturated carbocycles. The van der Waals surface area contributed by atoms with Gasteiger partial charge in [0, 0.05) is 0 Å². The molecular weight excluding hydrogens is 204 g/mol. The van der Waals surface area contributed by atoms with Gasteiger partial charge in [-0.25, -0.2) is 0 Å². The summed E-state index contributed by atoms with van der Waals surface area (Å²) in [6.07, 6.45) is 6.10. The van der Waals surface area contributed by atoms with Crippen molar-refractivity contribution in [2.75, 3.05) is 0 Å². The van der Waals surface area contributed by atoms with Crippen molar-refractivity contribution in [3.8, 4) is 0 Å². The molecule has 0 aromatic heterocycles. The van der Waals surface area contributed by atoms with E-state index in [0.29, 0.717) is 5.41 Å². The summed E-state index contributed by atoms with van der Waals surface area (Å²) in [5.74, 6) is 2.53. The van der Waals surface area contributed by atoms with Gasteiger partial charge in [-0.1, -0.05) is 70.8 Å². The molecule has 1 aliphatic carbocycles. The van der Waals surface area contributed by atoms with Gasteiger partial charge in [0.05, 0.1) is 0 Å². The van der Waals surface area contributed by atoms with Crippen LogP contribution in [-0.2, 0) is 0 Å². The van der Waals surface area contributed by atoms with Crippen molar-refractivity contribution < 1.29 is 0 Å². The number of unbranched alkanes of at least 4 members (excludes halogenated alkanes) is 1. The van der Waals surface area contributed by atoms with Crippen LogP contribution in [0.2, 0.25) is 0 Å². The maximum Gasteiger partial charge on any atom is -0.0110 e. The Balaban J connectivity index is 2.74. The fourth-order valence-electron chi connectivity index (χ4n) is 3.68. The first-order valence-corrected chi connectivity index (χ1v) is 7.17. The molecule has 3 atom stereocenters. The highest BCUT2D eigenvalue weighted by Crippen LogP contribution is 2.65. The molecule has 0 bridgehead atoms. The zero-order valence-electron chi connectivity index (χ0n) is 12.6. The second kappa shape index (κ2) is 5.42. The van der Waals surface area contributed by atoms with Gasteiger partial charge < -0.3 is 0 Å². The summed E-state index contributed by atoms with van der Waals surface area (Å²) < 4.78 is 0. The van der Waals surface area contributed by atoms with Crippen molar-refractivity contribution in [1.82, 2.24) is 0 Å². The number of allylic oxidation sites excluding steroid dienone is 3. The molecule has 3 unspecified atom stereocenters. The van der Waals surface area contributed by atoms with Crippen molar-refractivity contribution in [2.24, 2.45) is 23.2 Å². The van der Waals surface area contributed by atoms with E-state index in [4.69, 9.17) is 0 Å². The molecule has 1 fully saturated rings. The zero-order valence-corrected chi connectivity index (χ0v) is 12.6. The summed E-state index contributed by atoms with van der Waals surface area (Å²) >= 11 is 0. The van der Waals surface area contributed by atoms with E-state index in [9.17, 15) is 0 Å². The molecule has 0 heteroatoms. The molecule has 0 amide bonds. The molecule has 1 rings (SSSR count). The van der Waals surface area contributed by atoms with Gasteiger partial charge in [0.25, 0.3) is 0 Å². The Kier molecular flexibility index (Phi) is 4.63. The van der Waals surface area contributed by atoms with Crippen molar-refractivity contribution in [2.45, 2.75) is 60.8 Å². The molecule has 0 nitrogen and oxygen atoms in total. The standard InChI is InChI=1S/C17H30/c1-8-10-11-13(4)15-16(17(15,6)7)14(5)12(3)9-2/h9,13,15-16H,2,8,10-11H2,1,3-7H3.